The van der Waals surface area contributed by atoms with E-state index < -0.39 is 0 Å². The Hall–Kier alpha value is -2.41. The molecule has 0 saturated carbocycles. The van der Waals surface area contributed by atoms with Crippen molar-refractivity contribution in [3.8, 4) is 0 Å². The Balaban J connectivity index is 1.79. The molecule has 0 bridgehead atoms. The molecule has 1 aliphatic heterocycles. The summed E-state index contributed by atoms with van der Waals surface area (Å²) < 4.78 is 13.5. The van der Waals surface area contributed by atoms with Crippen molar-refractivity contribution in [1.29, 1.82) is 0 Å². The largest absolute Gasteiger partial charge is 0.324 e. The summed E-state index contributed by atoms with van der Waals surface area (Å²) in [5, 5.41) is 0.477. The standard InChI is InChI=1S/C18H17FN4OS/c1-3-10(2)15(24)18-22-14-16(20-9-21-17(14)25-18)23-7-6-11-8-12(19)4-5-13(11)23/h4-5,8-10H,3,6-7H2,1-2H3. The molecule has 3 heterocycles. The van der Waals surface area contributed by atoms with Gasteiger partial charge in [-0.1, -0.05) is 25.2 Å². The fourth-order valence-electron chi connectivity index (χ4n) is 3.03. The lowest BCUT2D eigenvalue weighted by Gasteiger charge is -2.18. The van der Waals surface area contributed by atoms with Gasteiger partial charge in [-0.25, -0.2) is 19.3 Å². The second-order valence-electron chi connectivity index (χ2n) is 6.22. The predicted octanol–water partition coefficient (Wildman–Crippen LogP) is 4.15. The Morgan fingerprint density at radius 2 is 2.24 bits per heavy atom. The van der Waals surface area contributed by atoms with Gasteiger partial charge in [0.1, 0.15) is 22.5 Å². The van der Waals surface area contributed by atoms with Crippen LogP contribution in [0.3, 0.4) is 0 Å². The van der Waals surface area contributed by atoms with Crippen molar-refractivity contribution < 1.29 is 9.18 Å². The van der Waals surface area contributed by atoms with Crippen LogP contribution in [-0.2, 0) is 6.42 Å². The molecule has 3 aromatic rings. The number of fused-ring (bicyclic) bond motifs is 2. The molecule has 0 saturated heterocycles. The van der Waals surface area contributed by atoms with Gasteiger partial charge < -0.3 is 4.90 Å². The number of carbonyl (C=O) groups is 1. The number of hydrogen-bond donors (Lipinski definition) is 0. The van der Waals surface area contributed by atoms with E-state index in [1.54, 1.807) is 12.1 Å². The zero-order valence-electron chi connectivity index (χ0n) is 14.0. The summed E-state index contributed by atoms with van der Waals surface area (Å²) in [6, 6.07) is 4.78. The molecule has 2 aromatic heterocycles. The minimum Gasteiger partial charge on any atom is -0.324 e. The normalized spacial score (nSPS) is 14.8. The number of halogens is 1. The second-order valence-corrected chi connectivity index (χ2v) is 7.20. The van der Waals surface area contributed by atoms with Crippen molar-refractivity contribution in [2.24, 2.45) is 5.92 Å². The van der Waals surface area contributed by atoms with Crippen LogP contribution < -0.4 is 4.90 Å². The van der Waals surface area contributed by atoms with E-state index in [0.717, 1.165) is 24.1 Å². The highest BCUT2D eigenvalue weighted by Gasteiger charge is 2.26. The van der Waals surface area contributed by atoms with Gasteiger partial charge in [0.2, 0.25) is 0 Å². The maximum absolute atomic E-state index is 13.5. The Morgan fingerprint density at radius 1 is 1.40 bits per heavy atom. The van der Waals surface area contributed by atoms with Gasteiger partial charge in [0.05, 0.1) is 0 Å². The maximum Gasteiger partial charge on any atom is 0.194 e. The molecule has 1 atom stereocenters. The van der Waals surface area contributed by atoms with E-state index in [1.165, 1.54) is 23.7 Å². The van der Waals surface area contributed by atoms with Crippen LogP contribution in [0.25, 0.3) is 10.3 Å². The molecule has 0 N–H and O–H groups in total. The third-order valence-corrected chi connectivity index (χ3v) is 5.62. The summed E-state index contributed by atoms with van der Waals surface area (Å²) in [4.78, 5) is 28.4. The molecule has 5 nitrogen and oxygen atoms in total. The molecule has 4 rings (SSSR count). The molecule has 1 unspecified atom stereocenters. The van der Waals surface area contributed by atoms with Crippen LogP contribution in [0.1, 0.15) is 35.6 Å². The lowest BCUT2D eigenvalue weighted by atomic mass is 10.0. The second kappa shape index (κ2) is 6.15. The molecule has 0 radical (unpaired) electrons. The number of Topliss-reactive ketones (excluding diaryl/α,β-unsaturated/α-hetero) is 1. The molecule has 0 amide bonds. The minimum atomic E-state index is -0.233. The molecule has 0 aliphatic carbocycles. The molecule has 128 valence electrons. The van der Waals surface area contributed by atoms with Crippen molar-refractivity contribution in [2.75, 3.05) is 11.4 Å². The molecule has 25 heavy (non-hydrogen) atoms. The van der Waals surface area contributed by atoms with E-state index in [0.29, 0.717) is 27.7 Å². The lowest BCUT2D eigenvalue weighted by Crippen LogP contribution is -2.15. The molecular formula is C18H17FN4OS. The Kier molecular flexibility index (Phi) is 3.95. The molecule has 0 spiro atoms. The van der Waals surface area contributed by atoms with Gasteiger partial charge in [-0.2, -0.15) is 0 Å². The number of anilines is 2. The Bertz CT molecular complexity index is 971. The minimum absolute atomic E-state index is 0.0420. The van der Waals surface area contributed by atoms with Crippen molar-refractivity contribution in [3.05, 3.63) is 40.9 Å². The zero-order chi connectivity index (χ0) is 17.6. The van der Waals surface area contributed by atoms with Crippen LogP contribution in [0.4, 0.5) is 15.9 Å². The zero-order valence-corrected chi connectivity index (χ0v) is 14.8. The predicted molar refractivity (Wildman–Crippen MR) is 96.1 cm³/mol. The van der Waals surface area contributed by atoms with Gasteiger partial charge in [-0.15, -0.1) is 0 Å². The monoisotopic (exact) mass is 356 g/mol. The average Bonchev–Trinajstić information content (AvgIpc) is 3.23. The summed E-state index contributed by atoms with van der Waals surface area (Å²) in [5.74, 6) is 0.422. The molecule has 0 fully saturated rings. The fraction of sp³-hybridized carbons (Fsp3) is 0.333. The Labute approximate surface area is 148 Å². The number of thiazole rings is 1. The van der Waals surface area contributed by atoms with E-state index in [4.69, 9.17) is 0 Å². The summed E-state index contributed by atoms with van der Waals surface area (Å²) in [5.41, 5.74) is 2.53. The quantitative estimate of drug-likeness (QED) is 0.657. The van der Waals surface area contributed by atoms with Crippen LogP contribution in [0.2, 0.25) is 0 Å². The molecule has 1 aromatic carbocycles. The lowest BCUT2D eigenvalue weighted by molar-refractivity contribution is 0.0927. The maximum atomic E-state index is 13.5. The van der Waals surface area contributed by atoms with E-state index in [9.17, 15) is 9.18 Å². The molecule has 7 heteroatoms. The first-order valence-corrected chi connectivity index (χ1v) is 9.12. The number of benzene rings is 1. The van der Waals surface area contributed by atoms with Gasteiger partial charge >= 0.3 is 0 Å². The number of carbonyl (C=O) groups excluding carboxylic acids is 1. The van der Waals surface area contributed by atoms with Crippen molar-refractivity contribution in [2.45, 2.75) is 26.7 Å². The van der Waals surface area contributed by atoms with Crippen molar-refractivity contribution >= 4 is 39.0 Å². The number of aromatic nitrogens is 3. The topological polar surface area (TPSA) is 59.0 Å². The summed E-state index contributed by atoms with van der Waals surface area (Å²) >= 11 is 1.31. The van der Waals surface area contributed by atoms with Crippen molar-refractivity contribution in [3.63, 3.8) is 0 Å². The van der Waals surface area contributed by atoms with Crippen LogP contribution >= 0.6 is 11.3 Å². The summed E-state index contributed by atoms with van der Waals surface area (Å²) in [6.07, 6.45) is 3.02. The van der Waals surface area contributed by atoms with E-state index >= 15 is 0 Å². The number of hydrogen-bond acceptors (Lipinski definition) is 6. The van der Waals surface area contributed by atoms with Crippen LogP contribution in [0, 0.1) is 11.7 Å². The van der Waals surface area contributed by atoms with Crippen LogP contribution in [-0.4, -0.2) is 27.3 Å². The van der Waals surface area contributed by atoms with E-state index in [1.807, 2.05) is 18.7 Å². The van der Waals surface area contributed by atoms with Gasteiger partial charge in [-0.05, 0) is 36.6 Å². The highest BCUT2D eigenvalue weighted by molar-refractivity contribution is 7.20. The highest BCUT2D eigenvalue weighted by atomic mass is 32.1. The van der Waals surface area contributed by atoms with Crippen LogP contribution in [0.5, 0.6) is 0 Å². The van der Waals surface area contributed by atoms with E-state index in [-0.39, 0.29) is 17.5 Å². The van der Waals surface area contributed by atoms with Crippen molar-refractivity contribution in [1.82, 2.24) is 15.0 Å². The first-order chi connectivity index (χ1) is 12.1. The smallest absolute Gasteiger partial charge is 0.194 e. The van der Waals surface area contributed by atoms with E-state index in [2.05, 4.69) is 15.0 Å². The third-order valence-electron chi connectivity index (χ3n) is 4.64. The SMILES string of the molecule is CCC(C)C(=O)c1nc2c(N3CCc4cc(F)ccc43)ncnc2s1. The van der Waals surface area contributed by atoms with Gasteiger partial charge in [0.25, 0.3) is 0 Å². The number of nitrogens with zero attached hydrogens (tertiary/aromatic N) is 4. The summed E-state index contributed by atoms with van der Waals surface area (Å²) in [6.45, 7) is 4.60. The molecule has 1 aliphatic rings. The Morgan fingerprint density at radius 3 is 3.04 bits per heavy atom. The van der Waals surface area contributed by atoms with Gasteiger partial charge in [0.15, 0.2) is 16.6 Å². The van der Waals surface area contributed by atoms with Gasteiger partial charge in [-0.3, -0.25) is 4.79 Å². The first-order valence-electron chi connectivity index (χ1n) is 8.30. The third kappa shape index (κ3) is 2.68. The molecular weight excluding hydrogens is 339 g/mol. The van der Waals surface area contributed by atoms with Gasteiger partial charge in [0, 0.05) is 18.2 Å². The number of rotatable bonds is 4. The average molecular weight is 356 g/mol. The highest BCUT2D eigenvalue weighted by Crippen LogP contribution is 2.37. The summed E-state index contributed by atoms with van der Waals surface area (Å²) in [7, 11) is 0. The van der Waals surface area contributed by atoms with Crippen LogP contribution in [0.15, 0.2) is 24.5 Å². The first kappa shape index (κ1) is 16.1. The fourth-order valence-corrected chi connectivity index (χ4v) is 3.99. The number of ketones is 1.